The van der Waals surface area contributed by atoms with Gasteiger partial charge in [-0.25, -0.2) is 8.42 Å². The maximum Gasteiger partial charge on any atom is 0.410 e. The highest BCUT2D eigenvalue weighted by Crippen LogP contribution is 2.46. The highest BCUT2D eigenvalue weighted by atomic mass is 32.2. The van der Waals surface area contributed by atoms with Crippen LogP contribution in [0.4, 0.5) is 8.78 Å². The van der Waals surface area contributed by atoms with Gasteiger partial charge in [-0.2, -0.15) is 8.78 Å². The van der Waals surface area contributed by atoms with Crippen molar-refractivity contribution in [2.75, 3.05) is 13.2 Å². The van der Waals surface area contributed by atoms with Crippen LogP contribution in [0.5, 0.6) is 0 Å². The topological polar surface area (TPSA) is 108 Å². The first-order valence-corrected chi connectivity index (χ1v) is 8.46. The van der Waals surface area contributed by atoms with Crippen LogP contribution in [0.2, 0.25) is 0 Å². The molecular formula is C12H16F2NO6S-. The van der Waals surface area contributed by atoms with E-state index in [2.05, 4.69) is 0 Å². The lowest BCUT2D eigenvalue weighted by Crippen LogP contribution is -2.52. The van der Waals surface area contributed by atoms with Crippen molar-refractivity contribution in [3.63, 3.8) is 0 Å². The number of fused-ring (bicyclic) bond motifs is 2. The molecule has 0 spiro atoms. The van der Waals surface area contributed by atoms with Gasteiger partial charge in [-0.1, -0.05) is 0 Å². The molecule has 5 atom stereocenters. The number of hydrogen-bond acceptors (Lipinski definition) is 6. The molecule has 1 amide bonds. The van der Waals surface area contributed by atoms with Crippen LogP contribution >= 0.6 is 0 Å². The zero-order valence-electron chi connectivity index (χ0n) is 11.5. The Morgan fingerprint density at radius 2 is 2.05 bits per heavy atom. The molecule has 1 N–H and O–H groups in total. The molecule has 0 aromatic heterocycles. The first kappa shape index (κ1) is 16.0. The van der Waals surface area contributed by atoms with Crippen LogP contribution in [0.1, 0.15) is 19.3 Å². The molecule has 3 aliphatic rings. The van der Waals surface area contributed by atoms with E-state index in [0.717, 1.165) is 12.8 Å². The SMILES string of the molecule is O=C(NC1CC2CC(OCC3CO3)C1C2)C(F)(F)S(=O)(=O)[O-]. The molecule has 10 heteroatoms. The van der Waals surface area contributed by atoms with Gasteiger partial charge in [0.1, 0.15) is 6.10 Å². The average Bonchev–Trinajstić information content (AvgIpc) is 3.05. The minimum absolute atomic E-state index is 0.0853. The number of amides is 1. The lowest BCUT2D eigenvalue weighted by molar-refractivity contribution is -0.137. The Bertz CT molecular complexity index is 564. The number of ether oxygens (including phenoxy) is 2. The van der Waals surface area contributed by atoms with Crippen LogP contribution < -0.4 is 5.32 Å². The highest BCUT2D eigenvalue weighted by molar-refractivity contribution is 7.87. The second-order valence-corrected chi connectivity index (χ2v) is 7.54. The van der Waals surface area contributed by atoms with Crippen LogP contribution in [0.15, 0.2) is 0 Å². The van der Waals surface area contributed by atoms with Gasteiger partial charge < -0.3 is 19.3 Å². The third kappa shape index (κ3) is 2.97. The van der Waals surface area contributed by atoms with E-state index in [1.165, 1.54) is 0 Å². The summed E-state index contributed by atoms with van der Waals surface area (Å²) in [4.78, 5) is 11.4. The molecule has 2 bridgehead atoms. The number of carbonyl (C=O) groups is 1. The standard InChI is InChI=1S/C12H17F2NO6S/c13-12(14,22(17,18)19)11(16)15-9-2-6-1-8(9)10(3-6)21-5-7-4-20-7/h6-10H,1-5H2,(H,15,16)(H,17,18,19)/p-1. The van der Waals surface area contributed by atoms with Crippen molar-refractivity contribution in [3.8, 4) is 0 Å². The summed E-state index contributed by atoms with van der Waals surface area (Å²) in [5.41, 5.74) is 0. The van der Waals surface area contributed by atoms with Gasteiger partial charge in [-0.3, -0.25) is 4.79 Å². The molecule has 1 saturated heterocycles. The quantitative estimate of drug-likeness (QED) is 0.531. The van der Waals surface area contributed by atoms with E-state index in [1.807, 2.05) is 5.32 Å². The summed E-state index contributed by atoms with van der Waals surface area (Å²) < 4.78 is 68.6. The summed E-state index contributed by atoms with van der Waals surface area (Å²) in [5, 5.41) is -2.94. The monoisotopic (exact) mass is 340 g/mol. The first-order valence-electron chi connectivity index (χ1n) is 7.06. The van der Waals surface area contributed by atoms with Gasteiger partial charge in [0, 0.05) is 12.0 Å². The number of halogens is 2. The largest absolute Gasteiger partial charge is 0.743 e. The lowest BCUT2D eigenvalue weighted by atomic mass is 9.92. The maximum atomic E-state index is 13.2. The van der Waals surface area contributed by atoms with Gasteiger partial charge in [-0.15, -0.1) is 0 Å². The number of epoxide rings is 1. The molecule has 0 aromatic rings. The van der Waals surface area contributed by atoms with Gasteiger partial charge >= 0.3 is 11.2 Å². The summed E-state index contributed by atoms with van der Waals surface area (Å²) in [6.07, 6.45) is 1.94. The zero-order valence-corrected chi connectivity index (χ0v) is 12.4. The summed E-state index contributed by atoms with van der Waals surface area (Å²) in [6, 6.07) is -0.594. The Morgan fingerprint density at radius 3 is 2.59 bits per heavy atom. The Morgan fingerprint density at radius 1 is 1.36 bits per heavy atom. The maximum absolute atomic E-state index is 13.2. The Balaban J connectivity index is 1.59. The Kier molecular flexibility index (Phi) is 3.91. The smallest absolute Gasteiger partial charge is 0.410 e. The second kappa shape index (κ2) is 5.36. The molecule has 1 aliphatic heterocycles. The minimum atomic E-state index is -6.03. The van der Waals surface area contributed by atoms with Gasteiger partial charge in [0.25, 0.3) is 0 Å². The van der Waals surface area contributed by atoms with Crippen molar-refractivity contribution >= 4 is 16.0 Å². The number of carbonyl (C=O) groups excluding carboxylic acids is 1. The molecule has 7 nitrogen and oxygen atoms in total. The predicted molar refractivity (Wildman–Crippen MR) is 66.9 cm³/mol. The van der Waals surface area contributed by atoms with Crippen LogP contribution in [-0.2, 0) is 24.4 Å². The fraction of sp³-hybridized carbons (Fsp3) is 0.917. The molecule has 0 aromatic carbocycles. The Hall–Kier alpha value is -0.840. The summed E-state index contributed by atoms with van der Waals surface area (Å²) in [5.74, 6) is -1.94. The highest BCUT2D eigenvalue weighted by Gasteiger charge is 2.52. The summed E-state index contributed by atoms with van der Waals surface area (Å²) >= 11 is 0. The molecule has 0 radical (unpaired) electrons. The molecule has 22 heavy (non-hydrogen) atoms. The van der Waals surface area contributed by atoms with Crippen LogP contribution in [-0.4, -0.2) is 55.6 Å². The molecular weight excluding hydrogens is 324 g/mol. The lowest BCUT2D eigenvalue weighted by Gasteiger charge is -2.31. The third-order valence-electron chi connectivity index (χ3n) is 4.55. The molecule has 5 unspecified atom stereocenters. The van der Waals surface area contributed by atoms with Crippen molar-refractivity contribution in [1.82, 2.24) is 5.32 Å². The fourth-order valence-corrected chi connectivity index (χ4v) is 3.69. The van der Waals surface area contributed by atoms with Gasteiger partial charge in [0.15, 0.2) is 10.1 Å². The van der Waals surface area contributed by atoms with Crippen LogP contribution in [0.25, 0.3) is 0 Å². The zero-order chi connectivity index (χ0) is 16.1. The van der Waals surface area contributed by atoms with E-state index >= 15 is 0 Å². The molecule has 126 valence electrons. The van der Waals surface area contributed by atoms with Crippen molar-refractivity contribution in [1.29, 1.82) is 0 Å². The number of hydrogen-bond donors (Lipinski definition) is 1. The molecule has 2 aliphatic carbocycles. The van der Waals surface area contributed by atoms with E-state index in [-0.39, 0.29) is 24.0 Å². The molecule has 3 fully saturated rings. The van der Waals surface area contributed by atoms with E-state index < -0.39 is 27.3 Å². The van der Waals surface area contributed by atoms with Crippen molar-refractivity contribution in [2.45, 2.75) is 42.8 Å². The summed E-state index contributed by atoms with van der Waals surface area (Å²) in [6.45, 7) is 1.08. The number of alkyl halides is 2. The van der Waals surface area contributed by atoms with Crippen molar-refractivity contribution < 1.29 is 36.0 Å². The van der Waals surface area contributed by atoms with Crippen molar-refractivity contribution in [2.24, 2.45) is 11.8 Å². The number of rotatable bonds is 6. The minimum Gasteiger partial charge on any atom is -0.743 e. The van der Waals surface area contributed by atoms with E-state index in [0.29, 0.717) is 19.6 Å². The van der Waals surface area contributed by atoms with Crippen LogP contribution in [0.3, 0.4) is 0 Å². The van der Waals surface area contributed by atoms with E-state index in [1.54, 1.807) is 0 Å². The van der Waals surface area contributed by atoms with Gasteiger partial charge in [0.2, 0.25) is 0 Å². The van der Waals surface area contributed by atoms with Crippen molar-refractivity contribution in [3.05, 3.63) is 0 Å². The average molecular weight is 340 g/mol. The van der Waals surface area contributed by atoms with E-state index in [4.69, 9.17) is 9.47 Å². The second-order valence-electron chi connectivity index (χ2n) is 6.11. The number of nitrogens with one attached hydrogen (secondary N) is 1. The Labute approximate surface area is 126 Å². The third-order valence-corrected chi connectivity index (χ3v) is 5.36. The molecule has 1 heterocycles. The predicted octanol–water partition coefficient (Wildman–Crippen LogP) is -0.177. The van der Waals surface area contributed by atoms with Gasteiger partial charge in [0.05, 0.1) is 19.3 Å². The summed E-state index contributed by atoms with van der Waals surface area (Å²) in [7, 11) is -6.03. The van der Waals surface area contributed by atoms with Gasteiger partial charge in [-0.05, 0) is 25.2 Å². The normalized spacial score (nSPS) is 37.3. The molecule has 3 rings (SSSR count). The van der Waals surface area contributed by atoms with E-state index in [9.17, 15) is 26.5 Å². The fourth-order valence-electron chi connectivity index (χ4n) is 3.40. The van der Waals surface area contributed by atoms with Crippen LogP contribution in [0, 0.1) is 11.8 Å². The molecule has 2 saturated carbocycles. The first-order chi connectivity index (χ1) is 10.2.